The molecule has 0 aliphatic rings. The average molecular weight is 229 g/mol. The number of hydrogen-bond acceptors (Lipinski definition) is 2. The molecule has 0 bridgehead atoms. The van der Waals surface area contributed by atoms with Gasteiger partial charge in [0.25, 0.3) is 0 Å². The Bertz CT molecular complexity index is 378. The van der Waals surface area contributed by atoms with E-state index >= 15 is 0 Å². The second kappa shape index (κ2) is 4.88. The van der Waals surface area contributed by atoms with E-state index in [9.17, 15) is 13.2 Å². The molecule has 0 amide bonds. The summed E-state index contributed by atoms with van der Waals surface area (Å²) in [5, 5.41) is 8.69. The molecule has 5 heteroatoms. The molecule has 0 saturated carbocycles. The molecule has 86 valence electrons. The molecule has 0 unspecified atom stereocenters. The smallest absolute Gasteiger partial charge is 0.390 e. The van der Waals surface area contributed by atoms with Crippen molar-refractivity contribution in [1.29, 1.82) is 5.26 Å². The molecular formula is C11H10F3NO. The van der Waals surface area contributed by atoms with E-state index in [1.165, 1.54) is 31.4 Å². The molecule has 0 radical (unpaired) electrons. The number of ether oxygens (including phenoxy) is 1. The second-order valence-corrected chi connectivity index (χ2v) is 3.27. The zero-order valence-electron chi connectivity index (χ0n) is 8.58. The van der Waals surface area contributed by atoms with Crippen molar-refractivity contribution >= 4 is 0 Å². The minimum absolute atomic E-state index is 0.348. The summed E-state index contributed by atoms with van der Waals surface area (Å²) < 4.78 is 41.3. The molecule has 0 aliphatic carbocycles. The van der Waals surface area contributed by atoms with Crippen molar-refractivity contribution in [2.24, 2.45) is 0 Å². The van der Waals surface area contributed by atoms with E-state index in [4.69, 9.17) is 10.00 Å². The van der Waals surface area contributed by atoms with E-state index in [0.717, 1.165) is 0 Å². The zero-order valence-corrected chi connectivity index (χ0v) is 8.58. The lowest BCUT2D eigenvalue weighted by molar-refractivity contribution is -0.136. The number of nitriles is 1. The highest BCUT2D eigenvalue weighted by Crippen LogP contribution is 2.31. The van der Waals surface area contributed by atoms with Crippen LogP contribution in [0.2, 0.25) is 0 Å². The molecule has 1 aromatic carbocycles. The van der Waals surface area contributed by atoms with Crippen LogP contribution in [0.4, 0.5) is 13.2 Å². The largest absolute Gasteiger partial charge is 0.497 e. The van der Waals surface area contributed by atoms with Gasteiger partial charge in [-0.2, -0.15) is 18.4 Å². The molecule has 0 aliphatic heterocycles. The first-order valence-corrected chi connectivity index (χ1v) is 4.56. The Morgan fingerprint density at radius 3 is 2.25 bits per heavy atom. The van der Waals surface area contributed by atoms with Crippen molar-refractivity contribution in [3.8, 4) is 11.8 Å². The van der Waals surface area contributed by atoms with Gasteiger partial charge in [0, 0.05) is 0 Å². The molecular weight excluding hydrogens is 219 g/mol. The van der Waals surface area contributed by atoms with Crippen molar-refractivity contribution in [3.05, 3.63) is 29.8 Å². The van der Waals surface area contributed by atoms with Gasteiger partial charge in [0.15, 0.2) is 0 Å². The summed E-state index contributed by atoms with van der Waals surface area (Å²) in [4.78, 5) is 0. The van der Waals surface area contributed by atoms with Crippen LogP contribution in [0.25, 0.3) is 0 Å². The van der Waals surface area contributed by atoms with Crippen LogP contribution >= 0.6 is 0 Å². The Labute approximate surface area is 91.3 Å². The van der Waals surface area contributed by atoms with E-state index in [1.807, 2.05) is 0 Å². The highest BCUT2D eigenvalue weighted by atomic mass is 19.4. The van der Waals surface area contributed by atoms with Crippen molar-refractivity contribution in [3.63, 3.8) is 0 Å². The first-order chi connectivity index (χ1) is 7.46. The van der Waals surface area contributed by atoms with Crippen LogP contribution in [0.15, 0.2) is 24.3 Å². The Morgan fingerprint density at radius 2 is 1.88 bits per heavy atom. The summed E-state index contributed by atoms with van der Waals surface area (Å²) >= 11 is 0. The minimum atomic E-state index is -4.33. The predicted molar refractivity (Wildman–Crippen MR) is 52.0 cm³/mol. The third kappa shape index (κ3) is 3.46. The quantitative estimate of drug-likeness (QED) is 0.796. The fourth-order valence-corrected chi connectivity index (χ4v) is 1.31. The third-order valence-electron chi connectivity index (χ3n) is 2.11. The number of hydrogen-bond donors (Lipinski definition) is 0. The van der Waals surface area contributed by atoms with Crippen molar-refractivity contribution < 1.29 is 17.9 Å². The topological polar surface area (TPSA) is 33.0 Å². The highest BCUT2D eigenvalue weighted by molar-refractivity contribution is 5.32. The monoisotopic (exact) mass is 229 g/mol. The van der Waals surface area contributed by atoms with Crippen molar-refractivity contribution in [2.75, 3.05) is 7.11 Å². The lowest BCUT2D eigenvalue weighted by Gasteiger charge is -2.12. The van der Waals surface area contributed by atoms with Crippen LogP contribution in [0, 0.1) is 11.3 Å². The van der Waals surface area contributed by atoms with Crippen LogP contribution in [0.3, 0.4) is 0 Å². The maximum absolute atomic E-state index is 12.1. The van der Waals surface area contributed by atoms with Crippen LogP contribution in [-0.2, 0) is 0 Å². The van der Waals surface area contributed by atoms with Crippen LogP contribution < -0.4 is 4.74 Å². The van der Waals surface area contributed by atoms with E-state index in [-0.39, 0.29) is 0 Å². The van der Waals surface area contributed by atoms with Gasteiger partial charge < -0.3 is 4.74 Å². The number of rotatable bonds is 3. The Hall–Kier alpha value is -1.70. The number of halogens is 3. The number of methoxy groups -OCH3 is 1. The molecule has 0 spiro atoms. The minimum Gasteiger partial charge on any atom is -0.497 e. The van der Waals surface area contributed by atoms with Gasteiger partial charge in [0.2, 0.25) is 0 Å². The fourth-order valence-electron chi connectivity index (χ4n) is 1.31. The van der Waals surface area contributed by atoms with Gasteiger partial charge in [0.05, 0.1) is 25.5 Å². The summed E-state index contributed by atoms with van der Waals surface area (Å²) in [7, 11) is 1.46. The van der Waals surface area contributed by atoms with Crippen LogP contribution in [0.5, 0.6) is 5.75 Å². The second-order valence-electron chi connectivity index (χ2n) is 3.27. The number of alkyl halides is 3. The molecule has 1 aromatic rings. The maximum atomic E-state index is 12.1. The van der Waals surface area contributed by atoms with Crippen molar-refractivity contribution in [1.82, 2.24) is 0 Å². The Balaban J connectivity index is 2.84. The third-order valence-corrected chi connectivity index (χ3v) is 2.11. The maximum Gasteiger partial charge on any atom is 0.390 e. The van der Waals surface area contributed by atoms with Crippen molar-refractivity contribution in [2.45, 2.75) is 18.5 Å². The Morgan fingerprint density at radius 1 is 1.31 bits per heavy atom. The van der Waals surface area contributed by atoms with E-state index in [0.29, 0.717) is 11.3 Å². The standard InChI is InChI=1S/C11H10F3NO/c1-16-10-4-2-8(3-5-10)9(7-15)6-11(12,13)14/h2-5,9H,6H2,1H3/t9-/m0/s1. The average Bonchev–Trinajstić information content (AvgIpc) is 2.25. The molecule has 0 aromatic heterocycles. The summed E-state index contributed by atoms with van der Waals surface area (Å²) in [5.41, 5.74) is 0.348. The summed E-state index contributed by atoms with van der Waals surface area (Å²) in [6.07, 6.45) is -5.46. The Kier molecular flexibility index (Phi) is 3.78. The fraction of sp³-hybridized carbons (Fsp3) is 0.364. The molecule has 0 fully saturated rings. The molecule has 16 heavy (non-hydrogen) atoms. The van der Waals surface area contributed by atoms with Gasteiger partial charge in [-0.1, -0.05) is 12.1 Å². The molecule has 1 rings (SSSR count). The summed E-state index contributed by atoms with van der Waals surface area (Å²) in [6, 6.07) is 7.67. The van der Waals surface area contributed by atoms with Crippen LogP contribution in [0.1, 0.15) is 17.9 Å². The molecule has 2 nitrogen and oxygen atoms in total. The summed E-state index contributed by atoms with van der Waals surface area (Å²) in [5.74, 6) is -0.613. The van der Waals surface area contributed by atoms with E-state index in [1.54, 1.807) is 6.07 Å². The summed E-state index contributed by atoms with van der Waals surface area (Å²) in [6.45, 7) is 0. The highest BCUT2D eigenvalue weighted by Gasteiger charge is 2.32. The predicted octanol–water partition coefficient (Wildman–Crippen LogP) is 3.25. The SMILES string of the molecule is COc1ccc([C@H](C#N)CC(F)(F)F)cc1. The molecule has 1 atom stereocenters. The van der Waals surface area contributed by atoms with E-state index in [2.05, 4.69) is 0 Å². The van der Waals surface area contributed by atoms with Gasteiger partial charge in [-0.15, -0.1) is 0 Å². The van der Waals surface area contributed by atoms with Gasteiger partial charge in [0.1, 0.15) is 5.75 Å². The van der Waals surface area contributed by atoms with Gasteiger partial charge in [-0.25, -0.2) is 0 Å². The van der Waals surface area contributed by atoms with Gasteiger partial charge >= 0.3 is 6.18 Å². The first-order valence-electron chi connectivity index (χ1n) is 4.56. The lowest BCUT2D eigenvalue weighted by atomic mass is 9.97. The lowest BCUT2D eigenvalue weighted by Crippen LogP contribution is -2.12. The van der Waals surface area contributed by atoms with Gasteiger partial charge in [-0.05, 0) is 17.7 Å². The first kappa shape index (κ1) is 12.4. The van der Waals surface area contributed by atoms with E-state index < -0.39 is 18.5 Å². The van der Waals surface area contributed by atoms with Gasteiger partial charge in [-0.3, -0.25) is 0 Å². The normalized spacial score (nSPS) is 12.9. The number of nitrogens with zero attached hydrogens (tertiary/aromatic N) is 1. The molecule has 0 saturated heterocycles. The molecule has 0 N–H and O–H groups in total. The molecule has 0 heterocycles. The van der Waals surface area contributed by atoms with Crippen LogP contribution in [-0.4, -0.2) is 13.3 Å². The zero-order chi connectivity index (χ0) is 12.2. The number of benzene rings is 1.